The van der Waals surface area contributed by atoms with E-state index in [4.69, 9.17) is 23.2 Å². The summed E-state index contributed by atoms with van der Waals surface area (Å²) in [5, 5.41) is 10.1. The van der Waals surface area contributed by atoms with Crippen LogP contribution in [0, 0.1) is 0 Å². The Bertz CT molecular complexity index is 1270. The number of amides is 3. The highest BCUT2D eigenvalue weighted by atomic mass is 35.5. The van der Waals surface area contributed by atoms with Crippen molar-refractivity contribution in [2.45, 2.75) is 19.0 Å². The number of aromatic amines is 1. The summed E-state index contributed by atoms with van der Waals surface area (Å²) in [6.07, 6.45) is 2.18. The first-order valence-corrected chi connectivity index (χ1v) is 11.1. The molecule has 3 amide bonds. The summed E-state index contributed by atoms with van der Waals surface area (Å²) in [6.45, 7) is 0.361. The van der Waals surface area contributed by atoms with Gasteiger partial charge >= 0.3 is 6.03 Å². The van der Waals surface area contributed by atoms with Gasteiger partial charge in [0.05, 0.1) is 10.0 Å². The summed E-state index contributed by atoms with van der Waals surface area (Å²) in [5.74, 6) is -0.284. The standard InChI is InChI=1S/C25H22Cl2N4O2/c26-20-11-10-18(13-21(20)27)30-25(33)31-23(24(32)29-14-16-6-2-1-3-7-16)12-17-15-28-22-9-5-4-8-19(17)22/h1-11,13,15,23,28H,12,14H2,(H,29,32)(H2,30,31,33)/t23-/m1/s1. The topological polar surface area (TPSA) is 86.0 Å². The lowest BCUT2D eigenvalue weighted by Gasteiger charge is -2.19. The number of fused-ring (bicyclic) bond motifs is 1. The normalized spacial score (nSPS) is 11.7. The number of hydrogen-bond acceptors (Lipinski definition) is 2. The van der Waals surface area contributed by atoms with Crippen molar-refractivity contribution in [2.75, 3.05) is 5.32 Å². The van der Waals surface area contributed by atoms with E-state index in [9.17, 15) is 9.59 Å². The molecule has 0 saturated heterocycles. The second-order valence-electron chi connectivity index (χ2n) is 7.55. The zero-order valence-corrected chi connectivity index (χ0v) is 19.1. The molecule has 8 heteroatoms. The quantitative estimate of drug-likeness (QED) is 0.280. The predicted octanol–water partition coefficient (Wildman–Crippen LogP) is 5.52. The van der Waals surface area contributed by atoms with Crippen molar-refractivity contribution in [3.63, 3.8) is 0 Å². The van der Waals surface area contributed by atoms with Gasteiger partial charge in [0.15, 0.2) is 0 Å². The lowest BCUT2D eigenvalue weighted by molar-refractivity contribution is -0.123. The monoisotopic (exact) mass is 480 g/mol. The molecule has 0 unspecified atom stereocenters. The number of aromatic nitrogens is 1. The molecule has 0 radical (unpaired) electrons. The second-order valence-corrected chi connectivity index (χ2v) is 8.36. The van der Waals surface area contributed by atoms with Gasteiger partial charge in [0, 0.05) is 35.8 Å². The highest BCUT2D eigenvalue weighted by Gasteiger charge is 2.23. The van der Waals surface area contributed by atoms with Crippen LogP contribution in [-0.4, -0.2) is 23.0 Å². The number of carbonyl (C=O) groups excluding carboxylic acids is 2. The maximum atomic E-state index is 13.1. The highest BCUT2D eigenvalue weighted by molar-refractivity contribution is 6.42. The summed E-state index contributed by atoms with van der Waals surface area (Å²) < 4.78 is 0. The maximum absolute atomic E-state index is 13.1. The van der Waals surface area contributed by atoms with Crippen molar-refractivity contribution in [2.24, 2.45) is 0 Å². The van der Waals surface area contributed by atoms with Crippen LogP contribution in [0.2, 0.25) is 10.0 Å². The van der Waals surface area contributed by atoms with Crippen molar-refractivity contribution in [3.05, 3.63) is 100 Å². The molecule has 0 bridgehead atoms. The van der Waals surface area contributed by atoms with Crippen LogP contribution in [0.25, 0.3) is 10.9 Å². The minimum atomic E-state index is -0.796. The molecule has 3 aromatic carbocycles. The number of hydrogen-bond donors (Lipinski definition) is 4. The molecule has 0 fully saturated rings. The fraction of sp³-hybridized carbons (Fsp3) is 0.120. The minimum Gasteiger partial charge on any atom is -0.361 e. The lowest BCUT2D eigenvalue weighted by atomic mass is 10.0. The Hall–Kier alpha value is -3.48. The molecular formula is C25H22Cl2N4O2. The number of benzene rings is 3. The van der Waals surface area contributed by atoms with Crippen molar-refractivity contribution in [3.8, 4) is 0 Å². The number of para-hydroxylation sites is 1. The van der Waals surface area contributed by atoms with Gasteiger partial charge < -0.3 is 20.9 Å². The fourth-order valence-electron chi connectivity index (χ4n) is 3.54. The molecule has 6 nitrogen and oxygen atoms in total. The van der Waals surface area contributed by atoms with Crippen LogP contribution >= 0.6 is 23.2 Å². The smallest absolute Gasteiger partial charge is 0.319 e. The van der Waals surface area contributed by atoms with E-state index in [-0.39, 0.29) is 5.91 Å². The summed E-state index contributed by atoms with van der Waals surface area (Å²) in [6, 6.07) is 20.9. The van der Waals surface area contributed by atoms with E-state index in [2.05, 4.69) is 20.9 Å². The first-order chi connectivity index (χ1) is 16.0. The van der Waals surface area contributed by atoms with E-state index >= 15 is 0 Å². The Morgan fingerprint density at radius 2 is 1.67 bits per heavy atom. The second kappa shape index (κ2) is 10.4. The fourth-order valence-corrected chi connectivity index (χ4v) is 3.84. The first kappa shape index (κ1) is 22.7. The van der Waals surface area contributed by atoms with Crippen LogP contribution in [0.5, 0.6) is 0 Å². The number of nitrogens with one attached hydrogen (secondary N) is 4. The van der Waals surface area contributed by atoms with E-state index in [1.807, 2.05) is 60.8 Å². The van der Waals surface area contributed by atoms with Crippen LogP contribution in [0.1, 0.15) is 11.1 Å². The van der Waals surface area contributed by atoms with Crippen molar-refractivity contribution in [1.82, 2.24) is 15.6 Å². The summed E-state index contributed by atoms with van der Waals surface area (Å²) in [5.41, 5.74) is 3.34. The molecule has 0 spiro atoms. The zero-order chi connectivity index (χ0) is 23.2. The minimum absolute atomic E-state index is 0.284. The van der Waals surface area contributed by atoms with Crippen LogP contribution in [-0.2, 0) is 17.8 Å². The Morgan fingerprint density at radius 1 is 0.909 bits per heavy atom. The van der Waals surface area contributed by atoms with Crippen LogP contribution < -0.4 is 16.0 Å². The third kappa shape index (κ3) is 5.86. The molecular weight excluding hydrogens is 459 g/mol. The van der Waals surface area contributed by atoms with E-state index in [0.717, 1.165) is 22.0 Å². The molecule has 4 N–H and O–H groups in total. The molecule has 4 aromatic rings. The van der Waals surface area contributed by atoms with Gasteiger partial charge in [0.2, 0.25) is 5.91 Å². The third-order valence-corrected chi connectivity index (χ3v) is 5.95. The first-order valence-electron chi connectivity index (χ1n) is 10.4. The van der Waals surface area contributed by atoms with Gasteiger partial charge in [0.1, 0.15) is 6.04 Å². The third-order valence-electron chi connectivity index (χ3n) is 5.21. The number of halogens is 2. The van der Waals surface area contributed by atoms with Gasteiger partial charge in [-0.1, -0.05) is 71.7 Å². The van der Waals surface area contributed by atoms with Crippen molar-refractivity contribution in [1.29, 1.82) is 0 Å². The Labute approximate surface area is 201 Å². The number of urea groups is 1. The Morgan fingerprint density at radius 3 is 2.45 bits per heavy atom. The maximum Gasteiger partial charge on any atom is 0.319 e. The van der Waals surface area contributed by atoms with E-state index in [1.54, 1.807) is 18.2 Å². The van der Waals surface area contributed by atoms with Crippen LogP contribution in [0.15, 0.2) is 79.0 Å². The zero-order valence-electron chi connectivity index (χ0n) is 17.6. The van der Waals surface area contributed by atoms with Gasteiger partial charge in [-0.15, -0.1) is 0 Å². The van der Waals surface area contributed by atoms with Crippen molar-refractivity contribution >= 4 is 51.7 Å². The molecule has 4 rings (SSSR count). The molecule has 0 aliphatic rings. The predicted molar refractivity (Wildman–Crippen MR) is 133 cm³/mol. The molecule has 0 saturated carbocycles. The molecule has 0 aliphatic carbocycles. The van der Waals surface area contributed by atoms with Crippen LogP contribution in [0.4, 0.5) is 10.5 Å². The van der Waals surface area contributed by atoms with E-state index in [1.165, 1.54) is 0 Å². The average molecular weight is 481 g/mol. The van der Waals surface area contributed by atoms with E-state index in [0.29, 0.717) is 28.7 Å². The molecule has 1 atom stereocenters. The molecule has 0 aliphatic heterocycles. The molecule has 1 aromatic heterocycles. The Kier molecular flexibility index (Phi) is 7.17. The Balaban J connectivity index is 1.50. The number of carbonyl (C=O) groups is 2. The summed E-state index contributed by atoms with van der Waals surface area (Å²) in [7, 11) is 0. The van der Waals surface area contributed by atoms with Gasteiger partial charge in [-0.3, -0.25) is 4.79 Å². The highest BCUT2D eigenvalue weighted by Crippen LogP contribution is 2.25. The average Bonchev–Trinajstić information content (AvgIpc) is 3.23. The van der Waals surface area contributed by atoms with E-state index < -0.39 is 12.1 Å². The van der Waals surface area contributed by atoms with Gasteiger partial charge in [-0.2, -0.15) is 0 Å². The molecule has 33 heavy (non-hydrogen) atoms. The SMILES string of the molecule is O=C(Nc1ccc(Cl)c(Cl)c1)N[C@H](Cc1c[nH]c2ccccc12)C(=O)NCc1ccccc1. The number of rotatable bonds is 7. The molecule has 1 heterocycles. The van der Waals surface area contributed by atoms with Gasteiger partial charge in [-0.25, -0.2) is 4.79 Å². The summed E-state index contributed by atoms with van der Waals surface area (Å²) >= 11 is 12.0. The van der Waals surface area contributed by atoms with Crippen LogP contribution in [0.3, 0.4) is 0 Å². The number of anilines is 1. The van der Waals surface area contributed by atoms with Gasteiger partial charge in [-0.05, 0) is 35.4 Å². The molecule has 168 valence electrons. The largest absolute Gasteiger partial charge is 0.361 e. The van der Waals surface area contributed by atoms with Gasteiger partial charge in [0.25, 0.3) is 0 Å². The lowest BCUT2D eigenvalue weighted by Crippen LogP contribution is -2.49. The van der Waals surface area contributed by atoms with Crippen molar-refractivity contribution < 1.29 is 9.59 Å². The number of H-pyrrole nitrogens is 1. The summed E-state index contributed by atoms with van der Waals surface area (Å²) in [4.78, 5) is 29.0.